The number of rotatable bonds is 6. The summed E-state index contributed by atoms with van der Waals surface area (Å²) < 4.78 is 5.81. The normalized spacial score (nSPS) is 21.8. The maximum absolute atomic E-state index is 10.7. The Bertz CT molecular complexity index is 456. The van der Waals surface area contributed by atoms with Gasteiger partial charge in [0.05, 0.1) is 4.92 Å². The average molecular weight is 264 g/mol. The van der Waals surface area contributed by atoms with Crippen LogP contribution < -0.4 is 10.1 Å². The molecule has 0 unspecified atom stereocenters. The number of nitrogens with one attached hydrogen (secondary N) is 1. The van der Waals surface area contributed by atoms with Gasteiger partial charge in [0.15, 0.2) is 0 Å². The van der Waals surface area contributed by atoms with E-state index in [0.29, 0.717) is 11.6 Å². The maximum atomic E-state index is 10.7. The molecule has 1 aliphatic carbocycles. The largest absolute Gasteiger partial charge is 0.490 e. The van der Waals surface area contributed by atoms with Crippen molar-refractivity contribution in [2.75, 3.05) is 6.54 Å². The number of hydrogen-bond donors (Lipinski definition) is 1. The first kappa shape index (κ1) is 13.8. The van der Waals surface area contributed by atoms with Gasteiger partial charge in [-0.15, -0.1) is 0 Å². The smallest absolute Gasteiger partial charge is 0.272 e. The molecule has 1 aromatic rings. The molecule has 104 valence electrons. The fourth-order valence-electron chi connectivity index (χ4n) is 2.28. The van der Waals surface area contributed by atoms with Gasteiger partial charge in [-0.3, -0.25) is 10.1 Å². The summed E-state index contributed by atoms with van der Waals surface area (Å²) in [6, 6.07) is 5.49. The molecule has 0 saturated heterocycles. The first-order valence-electron chi connectivity index (χ1n) is 6.75. The molecule has 0 atom stereocenters. The molecule has 0 radical (unpaired) electrons. The Morgan fingerprint density at radius 2 is 2.21 bits per heavy atom. The molecule has 19 heavy (non-hydrogen) atoms. The zero-order valence-electron chi connectivity index (χ0n) is 11.4. The van der Waals surface area contributed by atoms with Crippen LogP contribution in [0.5, 0.6) is 5.75 Å². The van der Waals surface area contributed by atoms with Crippen LogP contribution in [0.4, 0.5) is 5.69 Å². The van der Waals surface area contributed by atoms with Gasteiger partial charge in [-0.1, -0.05) is 6.92 Å². The third-order valence-electron chi connectivity index (χ3n) is 3.45. The van der Waals surface area contributed by atoms with Gasteiger partial charge in [0, 0.05) is 17.7 Å². The van der Waals surface area contributed by atoms with Crippen LogP contribution in [0.15, 0.2) is 18.2 Å². The van der Waals surface area contributed by atoms with E-state index in [1.54, 1.807) is 19.1 Å². The van der Waals surface area contributed by atoms with Gasteiger partial charge >= 0.3 is 0 Å². The van der Waals surface area contributed by atoms with Crippen LogP contribution in [0.1, 0.15) is 31.7 Å². The third kappa shape index (κ3) is 3.44. The summed E-state index contributed by atoms with van der Waals surface area (Å²) in [4.78, 5) is 10.4. The highest BCUT2D eigenvalue weighted by Gasteiger charge is 2.30. The molecule has 5 nitrogen and oxygen atoms in total. The minimum Gasteiger partial charge on any atom is -0.490 e. The van der Waals surface area contributed by atoms with Crippen molar-refractivity contribution in [3.05, 3.63) is 33.9 Å². The Hall–Kier alpha value is -1.62. The Morgan fingerprint density at radius 1 is 1.47 bits per heavy atom. The van der Waals surface area contributed by atoms with E-state index < -0.39 is 0 Å². The van der Waals surface area contributed by atoms with Crippen molar-refractivity contribution < 1.29 is 9.66 Å². The number of nitro benzene ring substituents is 1. The Morgan fingerprint density at radius 3 is 2.79 bits per heavy atom. The van der Waals surface area contributed by atoms with Crippen molar-refractivity contribution in [1.82, 2.24) is 5.32 Å². The van der Waals surface area contributed by atoms with Crippen LogP contribution in [0.25, 0.3) is 0 Å². The lowest BCUT2D eigenvalue weighted by atomic mass is 9.89. The lowest BCUT2D eigenvalue weighted by molar-refractivity contribution is -0.385. The molecule has 1 aliphatic rings. The van der Waals surface area contributed by atoms with E-state index in [2.05, 4.69) is 12.2 Å². The minimum absolute atomic E-state index is 0.142. The quantitative estimate of drug-likeness (QED) is 0.634. The molecule has 0 aliphatic heterocycles. The minimum atomic E-state index is -0.368. The van der Waals surface area contributed by atoms with Crippen molar-refractivity contribution >= 4 is 5.69 Å². The molecular formula is C14H20N2O3. The van der Waals surface area contributed by atoms with Crippen molar-refractivity contribution in [1.29, 1.82) is 0 Å². The van der Waals surface area contributed by atoms with E-state index in [9.17, 15) is 10.1 Å². The fraction of sp³-hybridized carbons (Fsp3) is 0.571. The molecule has 0 amide bonds. The fourth-order valence-corrected chi connectivity index (χ4v) is 2.28. The zero-order chi connectivity index (χ0) is 13.8. The molecule has 0 heterocycles. The summed E-state index contributed by atoms with van der Waals surface area (Å²) >= 11 is 0. The molecule has 0 bridgehead atoms. The lowest BCUT2D eigenvalue weighted by Crippen LogP contribution is -2.46. The van der Waals surface area contributed by atoms with Gasteiger partial charge in [0.1, 0.15) is 11.9 Å². The third-order valence-corrected chi connectivity index (χ3v) is 3.45. The van der Waals surface area contributed by atoms with Crippen LogP contribution in [0.2, 0.25) is 0 Å². The van der Waals surface area contributed by atoms with Gasteiger partial charge in [0.2, 0.25) is 0 Å². The van der Waals surface area contributed by atoms with Gasteiger partial charge < -0.3 is 10.1 Å². The van der Waals surface area contributed by atoms with Gasteiger partial charge in [-0.25, -0.2) is 0 Å². The molecular weight excluding hydrogens is 244 g/mol. The number of aryl methyl sites for hydroxylation is 1. The average Bonchev–Trinajstić information content (AvgIpc) is 2.31. The monoisotopic (exact) mass is 264 g/mol. The highest BCUT2D eigenvalue weighted by Crippen LogP contribution is 2.29. The van der Waals surface area contributed by atoms with E-state index >= 15 is 0 Å². The summed E-state index contributed by atoms with van der Waals surface area (Å²) in [6.45, 7) is 4.94. The topological polar surface area (TPSA) is 64.4 Å². The molecule has 2 rings (SSSR count). The van der Waals surface area contributed by atoms with Crippen LogP contribution >= 0.6 is 0 Å². The van der Waals surface area contributed by atoms with Gasteiger partial charge in [-0.2, -0.15) is 0 Å². The first-order chi connectivity index (χ1) is 9.10. The molecule has 0 aromatic heterocycles. The van der Waals surface area contributed by atoms with Crippen LogP contribution in [-0.4, -0.2) is 23.6 Å². The SMILES string of the molecule is CCCNC1CC(Oc2ccc([N+](=O)[O-])c(C)c2)C1. The summed E-state index contributed by atoms with van der Waals surface area (Å²) in [6.07, 6.45) is 3.39. The van der Waals surface area contributed by atoms with Crippen LogP contribution in [0, 0.1) is 17.0 Å². The summed E-state index contributed by atoms with van der Waals surface area (Å²) in [5.41, 5.74) is 0.783. The summed E-state index contributed by atoms with van der Waals surface area (Å²) in [5, 5.41) is 14.2. The van der Waals surface area contributed by atoms with E-state index in [0.717, 1.165) is 31.6 Å². The second-order valence-electron chi connectivity index (χ2n) is 5.07. The Kier molecular flexibility index (Phi) is 4.37. The second kappa shape index (κ2) is 6.02. The van der Waals surface area contributed by atoms with Crippen LogP contribution in [-0.2, 0) is 0 Å². The molecule has 0 spiro atoms. The number of hydrogen-bond acceptors (Lipinski definition) is 4. The van der Waals surface area contributed by atoms with E-state index in [1.165, 1.54) is 6.07 Å². The Balaban J connectivity index is 1.85. The summed E-state index contributed by atoms with van der Waals surface area (Å²) in [7, 11) is 0. The van der Waals surface area contributed by atoms with Crippen molar-refractivity contribution in [3.63, 3.8) is 0 Å². The second-order valence-corrected chi connectivity index (χ2v) is 5.07. The lowest BCUT2D eigenvalue weighted by Gasteiger charge is -2.36. The van der Waals surface area contributed by atoms with Crippen molar-refractivity contribution in [3.8, 4) is 5.75 Å². The van der Waals surface area contributed by atoms with E-state index in [-0.39, 0.29) is 16.7 Å². The maximum Gasteiger partial charge on any atom is 0.272 e. The summed E-state index contributed by atoms with van der Waals surface area (Å²) in [5.74, 6) is 0.724. The molecule has 1 aromatic carbocycles. The molecule has 1 fully saturated rings. The number of benzene rings is 1. The zero-order valence-corrected chi connectivity index (χ0v) is 11.4. The highest BCUT2D eigenvalue weighted by molar-refractivity contribution is 5.44. The predicted octanol–water partition coefficient (Wildman–Crippen LogP) is 2.81. The predicted molar refractivity (Wildman–Crippen MR) is 73.6 cm³/mol. The van der Waals surface area contributed by atoms with E-state index in [4.69, 9.17) is 4.74 Å². The number of nitrogens with zero attached hydrogens (tertiary/aromatic N) is 1. The number of nitro groups is 1. The number of ether oxygens (including phenoxy) is 1. The van der Waals surface area contributed by atoms with Crippen molar-refractivity contribution in [2.24, 2.45) is 0 Å². The van der Waals surface area contributed by atoms with E-state index in [1.807, 2.05) is 0 Å². The van der Waals surface area contributed by atoms with Crippen LogP contribution in [0.3, 0.4) is 0 Å². The van der Waals surface area contributed by atoms with Gasteiger partial charge in [0.25, 0.3) is 5.69 Å². The molecule has 1 N–H and O–H groups in total. The Labute approximate surface area is 113 Å². The highest BCUT2D eigenvalue weighted by atomic mass is 16.6. The molecule has 1 saturated carbocycles. The first-order valence-corrected chi connectivity index (χ1v) is 6.75. The standard InChI is InChI=1S/C14H20N2O3/c1-3-6-15-11-8-13(9-11)19-12-4-5-14(16(17)18)10(2)7-12/h4-5,7,11,13,15H,3,6,8-9H2,1-2H3. The molecule has 5 heteroatoms. The van der Waals surface area contributed by atoms with Gasteiger partial charge in [-0.05, 0) is 44.9 Å². The van der Waals surface area contributed by atoms with Crippen molar-refractivity contribution in [2.45, 2.75) is 45.3 Å².